The van der Waals surface area contributed by atoms with Crippen LogP contribution in [0.1, 0.15) is 32.6 Å². The van der Waals surface area contributed by atoms with Gasteiger partial charge in [-0.05, 0) is 12.8 Å². The van der Waals surface area contributed by atoms with E-state index in [4.69, 9.17) is 26.8 Å². The summed E-state index contributed by atoms with van der Waals surface area (Å²) in [6.45, 7) is 1.79. The van der Waals surface area contributed by atoms with E-state index in [0.29, 0.717) is 19.3 Å². The van der Waals surface area contributed by atoms with Crippen LogP contribution in [-0.2, 0) is 14.4 Å². The lowest BCUT2D eigenvalue weighted by molar-refractivity contribution is -0.141. The Balaban J connectivity index is 0. The Morgan fingerprint density at radius 3 is 1.84 bits per heavy atom. The lowest BCUT2D eigenvalue weighted by atomic mass is 10.1. The van der Waals surface area contributed by atoms with Crippen molar-refractivity contribution in [2.24, 2.45) is 17.4 Å². The molecule has 0 bridgehead atoms. The van der Waals surface area contributed by atoms with Gasteiger partial charge in [-0.1, -0.05) is 13.3 Å². The Kier molecular flexibility index (Phi) is 11.8. The lowest BCUT2D eigenvalue weighted by Gasteiger charge is -2.03. The van der Waals surface area contributed by atoms with Gasteiger partial charge in [-0.2, -0.15) is 0 Å². The van der Waals surface area contributed by atoms with E-state index in [-0.39, 0.29) is 13.0 Å². The fourth-order valence-corrected chi connectivity index (χ4v) is 0.865. The van der Waals surface area contributed by atoms with E-state index in [1.807, 2.05) is 0 Å². The number of carboxylic acid groups (broad SMARTS) is 3. The molecule has 0 aliphatic rings. The van der Waals surface area contributed by atoms with Gasteiger partial charge in [-0.25, -0.2) is 0 Å². The van der Waals surface area contributed by atoms with Crippen LogP contribution in [-0.4, -0.2) is 45.8 Å². The molecule has 0 aromatic carbocycles. The van der Waals surface area contributed by atoms with E-state index < -0.39 is 29.9 Å². The summed E-state index contributed by atoms with van der Waals surface area (Å²) < 4.78 is 0. The van der Waals surface area contributed by atoms with Crippen molar-refractivity contribution in [3.63, 3.8) is 0 Å². The largest absolute Gasteiger partial charge is 0.481 e. The minimum absolute atomic E-state index is 0.0757. The molecule has 0 heterocycles. The molecule has 2 atom stereocenters. The molecule has 0 amide bonds. The molecule has 0 saturated carbocycles. The van der Waals surface area contributed by atoms with Crippen LogP contribution in [0.5, 0.6) is 0 Å². The molecule has 0 aliphatic heterocycles. The van der Waals surface area contributed by atoms with Crippen molar-refractivity contribution < 1.29 is 29.7 Å². The van der Waals surface area contributed by atoms with E-state index >= 15 is 0 Å². The van der Waals surface area contributed by atoms with Crippen molar-refractivity contribution in [2.75, 3.05) is 6.54 Å². The normalized spacial score (nSPS) is 12.8. The number of aliphatic carboxylic acids is 3. The summed E-state index contributed by atoms with van der Waals surface area (Å²) in [7, 11) is 0. The molecule has 112 valence electrons. The summed E-state index contributed by atoms with van der Waals surface area (Å²) in [5.74, 6) is -3.13. The monoisotopic (exact) mass is 278 g/mol. The third kappa shape index (κ3) is 14.3. The van der Waals surface area contributed by atoms with Gasteiger partial charge >= 0.3 is 17.9 Å². The van der Waals surface area contributed by atoms with Gasteiger partial charge in [0.25, 0.3) is 0 Å². The van der Waals surface area contributed by atoms with Crippen LogP contribution in [0.15, 0.2) is 0 Å². The summed E-state index contributed by atoms with van der Waals surface area (Å²) in [4.78, 5) is 30.1. The number of carbonyl (C=O) groups is 3. The smallest absolute Gasteiger partial charge is 0.320 e. The third-order valence-electron chi connectivity index (χ3n) is 2.25. The summed E-state index contributed by atoms with van der Waals surface area (Å²) >= 11 is 0. The molecular formula is C11H22N2O6. The molecule has 8 nitrogen and oxygen atoms in total. The predicted molar refractivity (Wildman–Crippen MR) is 67.6 cm³/mol. The number of unbranched alkanes of at least 4 members (excludes halogenated alkanes) is 1. The van der Waals surface area contributed by atoms with Crippen molar-refractivity contribution in [2.45, 2.75) is 38.6 Å². The van der Waals surface area contributed by atoms with Gasteiger partial charge in [0.05, 0.1) is 5.92 Å². The molecule has 0 fully saturated rings. The Bertz CT molecular complexity index is 295. The Morgan fingerprint density at radius 2 is 1.58 bits per heavy atom. The highest BCUT2D eigenvalue weighted by Gasteiger charge is 2.10. The van der Waals surface area contributed by atoms with Gasteiger partial charge in [-0.15, -0.1) is 0 Å². The molecular weight excluding hydrogens is 256 g/mol. The van der Waals surface area contributed by atoms with Crippen LogP contribution in [0.2, 0.25) is 0 Å². The van der Waals surface area contributed by atoms with Gasteiger partial charge in [0.1, 0.15) is 6.04 Å². The van der Waals surface area contributed by atoms with Crippen LogP contribution in [0, 0.1) is 5.92 Å². The van der Waals surface area contributed by atoms with Gasteiger partial charge in [0.15, 0.2) is 0 Å². The molecule has 19 heavy (non-hydrogen) atoms. The topological polar surface area (TPSA) is 164 Å². The number of nitrogens with two attached hydrogens (primary N) is 2. The van der Waals surface area contributed by atoms with E-state index in [0.717, 1.165) is 0 Å². The second-order valence-electron chi connectivity index (χ2n) is 4.06. The molecule has 0 spiro atoms. The highest BCUT2D eigenvalue weighted by atomic mass is 16.4. The van der Waals surface area contributed by atoms with E-state index in [2.05, 4.69) is 0 Å². The summed E-state index contributed by atoms with van der Waals surface area (Å²) in [6, 6.07) is -0.862. The quantitative estimate of drug-likeness (QED) is 0.378. The average molecular weight is 278 g/mol. The first kappa shape index (κ1) is 19.7. The summed E-state index contributed by atoms with van der Waals surface area (Å²) in [5.41, 5.74) is 10.2. The zero-order chi connectivity index (χ0) is 15.4. The van der Waals surface area contributed by atoms with Crippen molar-refractivity contribution in [1.82, 2.24) is 0 Å². The summed E-state index contributed by atoms with van der Waals surface area (Å²) in [5, 5.41) is 24.7. The average Bonchev–Trinajstić information content (AvgIpc) is 2.33. The fourth-order valence-electron chi connectivity index (χ4n) is 0.865. The second kappa shape index (κ2) is 11.4. The molecule has 0 aromatic rings. The molecule has 2 unspecified atom stereocenters. The van der Waals surface area contributed by atoms with E-state index in [1.54, 1.807) is 6.92 Å². The maximum absolute atomic E-state index is 10.2. The molecule has 0 saturated heterocycles. The Hall–Kier alpha value is -1.67. The second-order valence-corrected chi connectivity index (χ2v) is 4.06. The van der Waals surface area contributed by atoms with Crippen molar-refractivity contribution >= 4 is 17.9 Å². The first-order chi connectivity index (χ1) is 8.72. The van der Waals surface area contributed by atoms with Gasteiger partial charge in [0.2, 0.25) is 0 Å². The molecule has 7 N–H and O–H groups in total. The van der Waals surface area contributed by atoms with Crippen LogP contribution >= 0.6 is 0 Å². The molecule has 0 radical (unpaired) electrons. The molecule has 8 heteroatoms. The maximum Gasteiger partial charge on any atom is 0.320 e. The molecule has 0 rings (SSSR count). The predicted octanol–water partition coefficient (Wildman–Crippen LogP) is -0.291. The maximum atomic E-state index is 10.2. The van der Waals surface area contributed by atoms with Crippen molar-refractivity contribution in [1.29, 1.82) is 0 Å². The standard InChI is InChI=1S/C7H13NO4.C4H9NO2/c8-5(7(11)12)3-1-2-4-6(9)10;1-3(2-5)4(6)7/h5H,1-4,8H2,(H,9,10)(H,11,12);3H,2,5H2,1H3,(H,6,7). The first-order valence-electron chi connectivity index (χ1n) is 5.85. The molecule has 0 aromatic heterocycles. The number of rotatable bonds is 8. The Labute approximate surface area is 111 Å². The van der Waals surface area contributed by atoms with Crippen LogP contribution in [0.25, 0.3) is 0 Å². The molecule has 0 aliphatic carbocycles. The lowest BCUT2D eigenvalue weighted by Crippen LogP contribution is -2.29. The van der Waals surface area contributed by atoms with Crippen molar-refractivity contribution in [3.05, 3.63) is 0 Å². The van der Waals surface area contributed by atoms with Crippen molar-refractivity contribution in [3.8, 4) is 0 Å². The van der Waals surface area contributed by atoms with E-state index in [9.17, 15) is 14.4 Å². The highest BCUT2D eigenvalue weighted by Crippen LogP contribution is 2.02. The fraction of sp³-hybridized carbons (Fsp3) is 0.727. The van der Waals surface area contributed by atoms with Gasteiger partial charge < -0.3 is 26.8 Å². The van der Waals surface area contributed by atoms with Crippen LogP contribution in [0.3, 0.4) is 0 Å². The van der Waals surface area contributed by atoms with Gasteiger partial charge in [-0.3, -0.25) is 14.4 Å². The summed E-state index contributed by atoms with van der Waals surface area (Å²) in [6.07, 6.45) is 1.44. The zero-order valence-electron chi connectivity index (χ0n) is 10.9. The minimum Gasteiger partial charge on any atom is -0.481 e. The SMILES string of the molecule is CC(CN)C(=O)O.NC(CCCCC(=O)O)C(=O)O. The van der Waals surface area contributed by atoms with Crippen LogP contribution in [0.4, 0.5) is 0 Å². The van der Waals surface area contributed by atoms with Gasteiger partial charge in [0, 0.05) is 13.0 Å². The number of hydrogen-bond acceptors (Lipinski definition) is 5. The Morgan fingerprint density at radius 1 is 1.05 bits per heavy atom. The number of carboxylic acids is 3. The number of hydrogen-bond donors (Lipinski definition) is 5. The highest BCUT2D eigenvalue weighted by molar-refractivity contribution is 5.73. The minimum atomic E-state index is -1.04. The third-order valence-corrected chi connectivity index (χ3v) is 2.25. The van der Waals surface area contributed by atoms with E-state index in [1.165, 1.54) is 0 Å². The zero-order valence-corrected chi connectivity index (χ0v) is 10.9. The van der Waals surface area contributed by atoms with Crippen LogP contribution < -0.4 is 11.5 Å². The first-order valence-corrected chi connectivity index (χ1v) is 5.85.